The summed E-state index contributed by atoms with van der Waals surface area (Å²) in [6.07, 6.45) is -0.175. The van der Waals surface area contributed by atoms with E-state index < -0.39 is 5.97 Å². The number of benzene rings is 1. The van der Waals surface area contributed by atoms with Crippen molar-refractivity contribution in [3.63, 3.8) is 0 Å². The molecule has 23 heavy (non-hydrogen) atoms. The predicted octanol–water partition coefficient (Wildman–Crippen LogP) is 3.77. The van der Waals surface area contributed by atoms with Crippen molar-refractivity contribution in [2.75, 3.05) is 12.4 Å². The minimum absolute atomic E-state index is 0.143. The van der Waals surface area contributed by atoms with E-state index in [1.54, 1.807) is 6.92 Å². The van der Waals surface area contributed by atoms with Crippen molar-refractivity contribution >= 4 is 34.4 Å². The second-order valence-corrected chi connectivity index (χ2v) is 6.48. The Morgan fingerprint density at radius 3 is 2.52 bits per heavy atom. The van der Waals surface area contributed by atoms with Crippen molar-refractivity contribution in [3.8, 4) is 0 Å². The van der Waals surface area contributed by atoms with Crippen LogP contribution in [0.2, 0.25) is 0 Å². The number of aryl methyl sites for hydroxylation is 3. The Morgan fingerprint density at radius 1 is 1.13 bits per heavy atom. The third kappa shape index (κ3) is 4.32. The third-order valence-corrected chi connectivity index (χ3v) is 4.72. The number of rotatable bonds is 6. The molecule has 0 saturated carbocycles. The lowest BCUT2D eigenvalue weighted by Gasteiger charge is -2.10. The zero-order valence-electron chi connectivity index (χ0n) is 13.9. The Balaban J connectivity index is 2.14. The quantitative estimate of drug-likeness (QED) is 0.458. The van der Waals surface area contributed by atoms with Gasteiger partial charge in [0.25, 0.3) is 0 Å². The molecule has 0 atom stereocenters. The maximum Gasteiger partial charge on any atom is 0.313 e. The molecule has 5 heteroatoms. The summed E-state index contributed by atoms with van der Waals surface area (Å²) in [6, 6.07) is 6.26. The first-order valence-electron chi connectivity index (χ1n) is 7.60. The number of hydrogen-bond acceptors (Lipinski definition) is 5. The molecular weight excluding hydrogens is 310 g/mol. The van der Waals surface area contributed by atoms with Gasteiger partial charge in [-0.3, -0.25) is 9.59 Å². The molecule has 0 bridgehead atoms. The van der Waals surface area contributed by atoms with Crippen molar-refractivity contribution in [2.45, 2.75) is 39.1 Å². The number of esters is 1. The molecule has 1 aromatic carbocycles. The van der Waals surface area contributed by atoms with E-state index in [9.17, 15) is 9.59 Å². The molecule has 122 valence electrons. The van der Waals surface area contributed by atoms with Crippen molar-refractivity contribution in [3.05, 3.63) is 34.9 Å². The number of fused-ring (bicyclic) bond motifs is 1. The van der Waals surface area contributed by atoms with Gasteiger partial charge in [0.1, 0.15) is 11.4 Å². The summed E-state index contributed by atoms with van der Waals surface area (Å²) in [7, 11) is 0. The minimum atomic E-state index is -0.465. The molecule has 0 aliphatic rings. The number of Topliss-reactive ketones (excluding diaryl/α,β-unsaturated/α-hetero) is 1. The number of carbonyl (C=O) groups excluding carboxylic acids is 2. The number of thioether (sulfide) groups is 1. The van der Waals surface area contributed by atoms with E-state index in [-0.39, 0.29) is 18.0 Å². The predicted molar refractivity (Wildman–Crippen MR) is 92.9 cm³/mol. The SMILES string of the molecule is CCOC(=O)CC(=O)CSc1nc2c(C)ccc(C)c2cc1C. The fourth-order valence-corrected chi connectivity index (χ4v) is 3.18. The second kappa shape index (κ2) is 7.59. The number of ether oxygens (including phenoxy) is 1. The number of hydrogen-bond donors (Lipinski definition) is 0. The summed E-state index contributed by atoms with van der Waals surface area (Å²) < 4.78 is 4.79. The van der Waals surface area contributed by atoms with Crippen molar-refractivity contribution in [1.82, 2.24) is 4.98 Å². The summed E-state index contributed by atoms with van der Waals surface area (Å²) in [5, 5.41) is 1.98. The summed E-state index contributed by atoms with van der Waals surface area (Å²) in [5.41, 5.74) is 4.32. The summed E-state index contributed by atoms with van der Waals surface area (Å²) >= 11 is 1.38. The van der Waals surface area contributed by atoms with Crippen LogP contribution in [0.15, 0.2) is 23.2 Å². The highest BCUT2D eigenvalue weighted by molar-refractivity contribution is 8.00. The molecule has 0 spiro atoms. The van der Waals surface area contributed by atoms with Crippen LogP contribution in [0.4, 0.5) is 0 Å². The normalized spacial score (nSPS) is 10.8. The number of ketones is 1. The Hall–Kier alpha value is -1.88. The maximum absolute atomic E-state index is 11.8. The van der Waals surface area contributed by atoms with Gasteiger partial charge in [0.2, 0.25) is 0 Å². The van der Waals surface area contributed by atoms with Crippen LogP contribution in [0.25, 0.3) is 10.9 Å². The van der Waals surface area contributed by atoms with Crippen LogP contribution in [0.3, 0.4) is 0 Å². The van der Waals surface area contributed by atoms with E-state index in [0.717, 1.165) is 27.1 Å². The zero-order valence-corrected chi connectivity index (χ0v) is 14.8. The monoisotopic (exact) mass is 331 g/mol. The molecule has 2 rings (SSSR count). The first-order valence-corrected chi connectivity index (χ1v) is 8.58. The molecule has 2 aromatic rings. The Labute approximate surface area is 140 Å². The van der Waals surface area contributed by atoms with E-state index in [2.05, 4.69) is 25.1 Å². The fourth-order valence-electron chi connectivity index (χ4n) is 2.34. The van der Waals surface area contributed by atoms with Crippen LogP contribution < -0.4 is 0 Å². The van der Waals surface area contributed by atoms with Gasteiger partial charge in [-0.1, -0.05) is 23.9 Å². The van der Waals surface area contributed by atoms with Gasteiger partial charge in [0, 0.05) is 5.39 Å². The average Bonchev–Trinajstić information content (AvgIpc) is 2.49. The van der Waals surface area contributed by atoms with Gasteiger partial charge in [-0.05, 0) is 50.5 Å². The molecule has 0 amide bonds. The molecule has 0 saturated heterocycles. The topological polar surface area (TPSA) is 56.3 Å². The highest BCUT2D eigenvalue weighted by Crippen LogP contribution is 2.28. The number of pyridine rings is 1. The molecule has 1 aromatic heterocycles. The molecular formula is C18H21NO3S. The second-order valence-electron chi connectivity index (χ2n) is 5.52. The smallest absolute Gasteiger partial charge is 0.313 e. The standard InChI is InChI=1S/C18H21NO3S/c1-5-22-16(21)9-14(20)10-23-18-13(4)8-15-11(2)6-7-12(3)17(15)19-18/h6-8H,5,9-10H2,1-4H3. The van der Waals surface area contributed by atoms with Crippen LogP contribution in [0.5, 0.6) is 0 Å². The van der Waals surface area contributed by atoms with Gasteiger partial charge >= 0.3 is 5.97 Å². The minimum Gasteiger partial charge on any atom is -0.466 e. The van der Waals surface area contributed by atoms with Gasteiger partial charge in [-0.15, -0.1) is 0 Å². The maximum atomic E-state index is 11.8. The number of nitrogens with zero attached hydrogens (tertiary/aromatic N) is 1. The van der Waals surface area contributed by atoms with Gasteiger partial charge < -0.3 is 4.74 Å². The summed E-state index contributed by atoms with van der Waals surface area (Å²) in [5.74, 6) is -0.383. The fraction of sp³-hybridized carbons (Fsp3) is 0.389. The molecule has 1 heterocycles. The van der Waals surface area contributed by atoms with E-state index in [4.69, 9.17) is 9.72 Å². The van der Waals surface area contributed by atoms with Crippen LogP contribution in [0, 0.1) is 20.8 Å². The lowest BCUT2D eigenvalue weighted by Crippen LogP contribution is -2.12. The number of aromatic nitrogens is 1. The average molecular weight is 331 g/mol. The molecule has 0 aliphatic carbocycles. The molecule has 0 fully saturated rings. The molecule has 0 aliphatic heterocycles. The molecule has 4 nitrogen and oxygen atoms in total. The Kier molecular flexibility index (Phi) is 5.77. The van der Waals surface area contributed by atoms with E-state index >= 15 is 0 Å². The van der Waals surface area contributed by atoms with Crippen LogP contribution in [-0.2, 0) is 14.3 Å². The molecule has 0 unspecified atom stereocenters. The molecule has 0 N–H and O–H groups in total. The van der Waals surface area contributed by atoms with Crippen molar-refractivity contribution < 1.29 is 14.3 Å². The highest BCUT2D eigenvalue weighted by atomic mass is 32.2. The van der Waals surface area contributed by atoms with Crippen LogP contribution >= 0.6 is 11.8 Å². The van der Waals surface area contributed by atoms with E-state index in [0.29, 0.717) is 6.61 Å². The third-order valence-electron chi connectivity index (χ3n) is 3.57. The highest BCUT2D eigenvalue weighted by Gasteiger charge is 2.13. The Bertz CT molecular complexity index is 756. The number of carbonyl (C=O) groups is 2. The summed E-state index contributed by atoms with van der Waals surface area (Å²) in [6.45, 7) is 8.11. The van der Waals surface area contributed by atoms with Gasteiger partial charge in [-0.25, -0.2) is 4.98 Å². The molecule has 0 radical (unpaired) electrons. The van der Waals surface area contributed by atoms with Gasteiger partial charge in [0.05, 0.1) is 17.9 Å². The van der Waals surface area contributed by atoms with E-state index in [1.165, 1.54) is 17.3 Å². The van der Waals surface area contributed by atoms with Crippen molar-refractivity contribution in [1.29, 1.82) is 0 Å². The first-order chi connectivity index (χ1) is 10.9. The van der Waals surface area contributed by atoms with Crippen LogP contribution in [0.1, 0.15) is 30.0 Å². The zero-order chi connectivity index (χ0) is 17.0. The lowest BCUT2D eigenvalue weighted by molar-refractivity contribution is -0.145. The van der Waals surface area contributed by atoms with E-state index in [1.807, 2.05) is 13.8 Å². The first kappa shape index (κ1) is 17.5. The summed E-state index contributed by atoms with van der Waals surface area (Å²) in [4.78, 5) is 27.9. The lowest BCUT2D eigenvalue weighted by atomic mass is 10.0. The largest absolute Gasteiger partial charge is 0.466 e. The van der Waals surface area contributed by atoms with Crippen LogP contribution in [-0.4, -0.2) is 29.1 Å². The van der Waals surface area contributed by atoms with Crippen molar-refractivity contribution in [2.24, 2.45) is 0 Å². The Morgan fingerprint density at radius 2 is 1.83 bits per heavy atom. The van der Waals surface area contributed by atoms with Gasteiger partial charge in [-0.2, -0.15) is 0 Å². The van der Waals surface area contributed by atoms with Gasteiger partial charge in [0.15, 0.2) is 5.78 Å².